The molecule has 1 aliphatic rings. The number of aromatic nitrogens is 2. The van der Waals surface area contributed by atoms with Gasteiger partial charge in [0.2, 0.25) is 0 Å². The number of para-hydroxylation sites is 1. The third-order valence-electron chi connectivity index (χ3n) is 5.35. The van der Waals surface area contributed by atoms with Gasteiger partial charge in [0, 0.05) is 30.1 Å². The molecule has 166 valence electrons. The lowest BCUT2D eigenvalue weighted by molar-refractivity contribution is -0.274. The van der Waals surface area contributed by atoms with Crippen molar-refractivity contribution in [2.45, 2.75) is 44.8 Å². The first kappa shape index (κ1) is 21.8. The zero-order chi connectivity index (χ0) is 22.0. The highest BCUT2D eigenvalue weighted by atomic mass is 32.1. The normalized spacial score (nSPS) is 16.5. The van der Waals surface area contributed by atoms with Gasteiger partial charge in [-0.25, -0.2) is 4.98 Å². The number of nitrogens with zero attached hydrogens (tertiary/aromatic N) is 2. The van der Waals surface area contributed by atoms with E-state index in [0.717, 1.165) is 28.1 Å². The summed E-state index contributed by atoms with van der Waals surface area (Å²) in [5, 5.41) is 4.02. The Kier molecular flexibility index (Phi) is 6.31. The van der Waals surface area contributed by atoms with Crippen molar-refractivity contribution in [3.05, 3.63) is 57.0 Å². The van der Waals surface area contributed by atoms with E-state index in [0.29, 0.717) is 30.5 Å². The third kappa shape index (κ3) is 4.91. The number of aryl methyl sites for hydroxylation is 1. The van der Waals surface area contributed by atoms with Crippen LogP contribution in [0.15, 0.2) is 35.4 Å². The van der Waals surface area contributed by atoms with Crippen molar-refractivity contribution in [2.75, 3.05) is 13.7 Å². The number of alkyl halides is 3. The van der Waals surface area contributed by atoms with E-state index in [9.17, 15) is 18.0 Å². The molecule has 0 bridgehead atoms. The first-order valence-electron chi connectivity index (χ1n) is 9.91. The number of nitrogens with one attached hydrogen (secondary N) is 1. The maximum atomic E-state index is 12.9. The molecule has 0 saturated heterocycles. The molecule has 1 atom stereocenters. The van der Waals surface area contributed by atoms with E-state index in [-0.39, 0.29) is 23.9 Å². The molecule has 0 saturated carbocycles. The van der Waals surface area contributed by atoms with Crippen LogP contribution in [0.1, 0.15) is 22.4 Å². The summed E-state index contributed by atoms with van der Waals surface area (Å²) in [5.41, 5.74) is 1.44. The van der Waals surface area contributed by atoms with Crippen LogP contribution in [-0.4, -0.2) is 35.7 Å². The predicted molar refractivity (Wildman–Crippen MR) is 112 cm³/mol. The van der Waals surface area contributed by atoms with E-state index >= 15 is 0 Å². The Balaban J connectivity index is 1.48. The fourth-order valence-electron chi connectivity index (χ4n) is 3.85. The number of ether oxygens (including phenoxy) is 2. The first-order chi connectivity index (χ1) is 14.9. The van der Waals surface area contributed by atoms with Gasteiger partial charge in [-0.15, -0.1) is 24.5 Å². The van der Waals surface area contributed by atoms with Crippen LogP contribution in [-0.2, 0) is 30.7 Å². The zero-order valence-corrected chi connectivity index (χ0v) is 17.7. The van der Waals surface area contributed by atoms with Crippen LogP contribution < -0.4 is 15.6 Å². The van der Waals surface area contributed by atoms with Crippen molar-refractivity contribution in [3.63, 3.8) is 0 Å². The van der Waals surface area contributed by atoms with Gasteiger partial charge in [-0.2, -0.15) is 0 Å². The number of halogens is 3. The number of hydrogen-bond donors (Lipinski definition) is 1. The van der Waals surface area contributed by atoms with Gasteiger partial charge in [-0.1, -0.05) is 18.2 Å². The zero-order valence-electron chi connectivity index (χ0n) is 16.9. The van der Waals surface area contributed by atoms with Crippen molar-refractivity contribution in [1.29, 1.82) is 0 Å². The molecule has 0 fully saturated rings. The van der Waals surface area contributed by atoms with Crippen molar-refractivity contribution in [3.8, 4) is 5.75 Å². The Morgan fingerprint density at radius 3 is 2.90 bits per heavy atom. The van der Waals surface area contributed by atoms with Crippen LogP contribution >= 0.6 is 11.3 Å². The van der Waals surface area contributed by atoms with Crippen molar-refractivity contribution >= 4 is 21.6 Å². The van der Waals surface area contributed by atoms with Crippen molar-refractivity contribution < 1.29 is 22.6 Å². The van der Waals surface area contributed by atoms with Crippen LogP contribution in [0.3, 0.4) is 0 Å². The summed E-state index contributed by atoms with van der Waals surface area (Å²) in [6, 6.07) is 6.23. The molecule has 2 heterocycles. The predicted octanol–water partition coefficient (Wildman–Crippen LogP) is 3.65. The Labute approximate surface area is 180 Å². The number of fused-ring (bicyclic) bond motifs is 3. The molecule has 1 N–H and O–H groups in total. The Bertz CT molecular complexity index is 1130. The van der Waals surface area contributed by atoms with E-state index < -0.39 is 6.36 Å². The Morgan fingerprint density at radius 1 is 1.32 bits per heavy atom. The topological polar surface area (TPSA) is 65.4 Å². The van der Waals surface area contributed by atoms with Gasteiger partial charge in [0.1, 0.15) is 10.6 Å². The minimum absolute atomic E-state index is 0.0517. The van der Waals surface area contributed by atoms with Gasteiger partial charge in [0.25, 0.3) is 5.56 Å². The molecular formula is C21H22F3N3O3S. The molecule has 0 spiro atoms. The smallest absolute Gasteiger partial charge is 0.405 e. The molecule has 0 amide bonds. The first-order valence-corrected chi connectivity index (χ1v) is 10.7. The Morgan fingerprint density at radius 2 is 2.13 bits per heavy atom. The molecule has 31 heavy (non-hydrogen) atoms. The molecule has 4 rings (SSSR count). The van der Waals surface area contributed by atoms with Gasteiger partial charge >= 0.3 is 6.36 Å². The molecule has 1 aromatic carbocycles. The van der Waals surface area contributed by atoms with Crippen LogP contribution in [0.4, 0.5) is 13.2 Å². The SMILES string of the molecule is COCCn1cnc2sc3c(c2c1=O)CCC(NCc1ccccc1OC(F)(F)F)C3. The summed E-state index contributed by atoms with van der Waals surface area (Å²) in [4.78, 5) is 19.1. The fraction of sp³-hybridized carbons (Fsp3) is 0.429. The number of methoxy groups -OCH3 is 1. The second kappa shape index (κ2) is 8.97. The van der Waals surface area contributed by atoms with E-state index in [1.807, 2.05) is 0 Å². The van der Waals surface area contributed by atoms with Gasteiger partial charge in [-0.05, 0) is 30.9 Å². The average molecular weight is 453 g/mol. The number of rotatable bonds is 7. The van der Waals surface area contributed by atoms with E-state index in [1.54, 1.807) is 30.1 Å². The van der Waals surface area contributed by atoms with E-state index in [4.69, 9.17) is 4.74 Å². The summed E-state index contributed by atoms with van der Waals surface area (Å²) in [6.45, 7) is 1.15. The molecule has 1 unspecified atom stereocenters. The quantitative estimate of drug-likeness (QED) is 0.592. The molecule has 10 heteroatoms. The monoisotopic (exact) mass is 453 g/mol. The minimum Gasteiger partial charge on any atom is -0.405 e. The lowest BCUT2D eigenvalue weighted by atomic mass is 9.93. The fourth-order valence-corrected chi connectivity index (χ4v) is 5.11. The largest absolute Gasteiger partial charge is 0.573 e. The summed E-state index contributed by atoms with van der Waals surface area (Å²) in [7, 11) is 1.59. The van der Waals surface area contributed by atoms with Crippen molar-refractivity contribution in [2.24, 2.45) is 0 Å². The molecule has 2 aromatic heterocycles. The summed E-state index contributed by atoms with van der Waals surface area (Å²) in [5.74, 6) is -0.193. The standard InChI is InChI=1S/C21H22F3N3O3S/c1-29-9-8-27-12-26-19-18(20(27)28)15-7-6-14(10-17(15)31-19)25-11-13-4-2-3-5-16(13)30-21(22,23)24/h2-5,12,14,25H,6-11H2,1H3. The number of hydrogen-bond acceptors (Lipinski definition) is 6. The van der Waals surface area contributed by atoms with E-state index in [2.05, 4.69) is 15.0 Å². The lowest BCUT2D eigenvalue weighted by Gasteiger charge is -2.24. The molecular weight excluding hydrogens is 431 g/mol. The maximum absolute atomic E-state index is 12.9. The molecule has 0 aliphatic heterocycles. The maximum Gasteiger partial charge on any atom is 0.573 e. The van der Waals surface area contributed by atoms with Crippen LogP contribution in [0, 0.1) is 0 Å². The van der Waals surface area contributed by atoms with E-state index in [1.165, 1.54) is 23.5 Å². The average Bonchev–Trinajstić information content (AvgIpc) is 3.10. The van der Waals surface area contributed by atoms with Gasteiger partial charge in [0.05, 0.1) is 24.9 Å². The summed E-state index contributed by atoms with van der Waals surface area (Å²) >= 11 is 1.51. The van der Waals surface area contributed by atoms with Crippen molar-refractivity contribution in [1.82, 2.24) is 14.9 Å². The highest BCUT2D eigenvalue weighted by Crippen LogP contribution is 2.34. The van der Waals surface area contributed by atoms with Crippen LogP contribution in [0.2, 0.25) is 0 Å². The minimum atomic E-state index is -4.73. The highest BCUT2D eigenvalue weighted by Gasteiger charge is 2.32. The Hall–Kier alpha value is -2.43. The molecule has 6 nitrogen and oxygen atoms in total. The summed E-state index contributed by atoms with van der Waals surface area (Å²) < 4.78 is 48.6. The van der Waals surface area contributed by atoms with Gasteiger partial charge in [-0.3, -0.25) is 9.36 Å². The lowest BCUT2D eigenvalue weighted by Crippen LogP contribution is -2.34. The second-order valence-corrected chi connectivity index (χ2v) is 8.48. The number of benzene rings is 1. The highest BCUT2D eigenvalue weighted by molar-refractivity contribution is 7.18. The molecule has 0 radical (unpaired) electrons. The molecule has 1 aliphatic carbocycles. The van der Waals surface area contributed by atoms with Gasteiger partial charge in [0.15, 0.2) is 0 Å². The van der Waals surface area contributed by atoms with Gasteiger partial charge < -0.3 is 14.8 Å². The number of thiophene rings is 1. The van der Waals surface area contributed by atoms with Crippen LogP contribution in [0.25, 0.3) is 10.2 Å². The summed E-state index contributed by atoms with van der Waals surface area (Å²) in [6.07, 6.45) is -0.961. The van der Waals surface area contributed by atoms with Crippen LogP contribution in [0.5, 0.6) is 5.75 Å². The molecule has 3 aromatic rings. The third-order valence-corrected chi connectivity index (χ3v) is 6.51. The second-order valence-electron chi connectivity index (χ2n) is 7.40.